The molecule has 0 saturated heterocycles. The van der Waals surface area contributed by atoms with Gasteiger partial charge in [-0.3, -0.25) is 9.89 Å². The number of hydrogen-bond acceptors (Lipinski definition) is 2. The Morgan fingerprint density at radius 2 is 2.18 bits per heavy atom. The smallest absolute Gasteiger partial charge is 0.248 e. The van der Waals surface area contributed by atoms with Crippen LogP contribution in [0.1, 0.15) is 32.9 Å². The summed E-state index contributed by atoms with van der Waals surface area (Å²) in [7, 11) is 0. The van der Waals surface area contributed by atoms with E-state index in [1.807, 2.05) is 32.0 Å². The molecule has 4 nitrogen and oxygen atoms in total. The number of rotatable bonds is 3. The quantitative estimate of drug-likeness (QED) is 0.841. The maximum absolute atomic E-state index is 11.1. The minimum Gasteiger partial charge on any atom is -0.366 e. The number of nitrogens with one attached hydrogen (secondary N) is 1. The van der Waals surface area contributed by atoms with Gasteiger partial charge in [0.1, 0.15) is 0 Å². The lowest BCUT2D eigenvalue weighted by molar-refractivity contribution is 0.1000. The monoisotopic (exact) mass is 229 g/mol. The van der Waals surface area contributed by atoms with E-state index in [0.29, 0.717) is 5.56 Å². The van der Waals surface area contributed by atoms with Gasteiger partial charge in [-0.05, 0) is 31.5 Å². The Morgan fingerprint density at radius 1 is 1.41 bits per heavy atom. The highest BCUT2D eigenvalue weighted by atomic mass is 16.1. The molecule has 17 heavy (non-hydrogen) atoms. The van der Waals surface area contributed by atoms with Crippen LogP contribution >= 0.6 is 0 Å². The number of hydrogen-bond donors (Lipinski definition) is 2. The molecular formula is C13H15N3O. The van der Waals surface area contributed by atoms with Crippen molar-refractivity contribution in [2.75, 3.05) is 0 Å². The maximum Gasteiger partial charge on any atom is 0.248 e. The van der Waals surface area contributed by atoms with Gasteiger partial charge in [0, 0.05) is 23.2 Å². The van der Waals surface area contributed by atoms with E-state index in [4.69, 9.17) is 5.73 Å². The second-order valence-electron chi connectivity index (χ2n) is 4.15. The first-order valence-corrected chi connectivity index (χ1v) is 5.47. The van der Waals surface area contributed by atoms with Crippen LogP contribution in [0.15, 0.2) is 24.3 Å². The van der Waals surface area contributed by atoms with Crippen LogP contribution in [0.2, 0.25) is 0 Å². The molecule has 2 aromatic rings. The largest absolute Gasteiger partial charge is 0.366 e. The Labute approximate surface area is 99.8 Å². The molecule has 0 radical (unpaired) electrons. The van der Waals surface area contributed by atoms with Gasteiger partial charge in [-0.15, -0.1) is 0 Å². The molecule has 4 heteroatoms. The van der Waals surface area contributed by atoms with E-state index in [-0.39, 0.29) is 0 Å². The zero-order valence-electron chi connectivity index (χ0n) is 9.95. The molecule has 1 heterocycles. The van der Waals surface area contributed by atoms with E-state index in [1.165, 1.54) is 5.56 Å². The molecule has 0 fully saturated rings. The van der Waals surface area contributed by atoms with Crippen LogP contribution in [-0.4, -0.2) is 16.1 Å². The van der Waals surface area contributed by atoms with Gasteiger partial charge in [0.2, 0.25) is 5.91 Å². The summed E-state index contributed by atoms with van der Waals surface area (Å²) >= 11 is 0. The molecule has 0 aliphatic carbocycles. The summed E-state index contributed by atoms with van der Waals surface area (Å²) in [6.07, 6.45) is 0.759. The van der Waals surface area contributed by atoms with Crippen molar-refractivity contribution in [2.45, 2.75) is 20.3 Å². The van der Waals surface area contributed by atoms with Crippen molar-refractivity contribution in [3.8, 4) is 0 Å². The highest BCUT2D eigenvalue weighted by molar-refractivity contribution is 5.92. The first kappa shape index (κ1) is 11.4. The predicted octanol–water partition coefficient (Wildman–Crippen LogP) is 1.72. The van der Waals surface area contributed by atoms with E-state index in [1.54, 1.807) is 6.07 Å². The number of carbonyl (C=O) groups is 1. The van der Waals surface area contributed by atoms with E-state index in [2.05, 4.69) is 10.2 Å². The van der Waals surface area contributed by atoms with Crippen molar-refractivity contribution >= 4 is 5.91 Å². The van der Waals surface area contributed by atoms with Gasteiger partial charge in [0.15, 0.2) is 0 Å². The molecule has 88 valence electrons. The summed E-state index contributed by atoms with van der Waals surface area (Å²) in [5.41, 5.74) is 10.1. The summed E-state index contributed by atoms with van der Waals surface area (Å²) in [4.78, 5) is 11.1. The van der Waals surface area contributed by atoms with Crippen molar-refractivity contribution in [3.63, 3.8) is 0 Å². The van der Waals surface area contributed by atoms with Crippen LogP contribution in [0.5, 0.6) is 0 Å². The second-order valence-corrected chi connectivity index (χ2v) is 4.15. The third kappa shape index (κ3) is 2.36. The number of aromatic amines is 1. The predicted molar refractivity (Wildman–Crippen MR) is 65.8 cm³/mol. The fraction of sp³-hybridized carbons (Fsp3) is 0.231. The average molecular weight is 229 g/mol. The summed E-state index contributed by atoms with van der Waals surface area (Å²) < 4.78 is 0. The number of primary amides is 1. The Bertz CT molecular complexity index is 538. The second kappa shape index (κ2) is 4.41. The van der Waals surface area contributed by atoms with Crippen molar-refractivity contribution in [2.24, 2.45) is 5.73 Å². The van der Waals surface area contributed by atoms with Crippen LogP contribution in [-0.2, 0) is 6.42 Å². The number of nitrogens with two attached hydrogens (primary N) is 1. The summed E-state index contributed by atoms with van der Waals surface area (Å²) in [6.45, 7) is 3.96. The average Bonchev–Trinajstić information content (AvgIpc) is 2.61. The van der Waals surface area contributed by atoms with Crippen LogP contribution in [0.4, 0.5) is 0 Å². The van der Waals surface area contributed by atoms with Crippen molar-refractivity contribution in [3.05, 3.63) is 52.3 Å². The van der Waals surface area contributed by atoms with E-state index < -0.39 is 5.91 Å². The maximum atomic E-state index is 11.1. The molecule has 3 N–H and O–H groups in total. The molecule has 0 bridgehead atoms. The molecule has 0 atom stereocenters. The Kier molecular flexibility index (Phi) is 2.95. The molecule has 0 aliphatic heterocycles. The van der Waals surface area contributed by atoms with E-state index >= 15 is 0 Å². The molecule has 0 saturated carbocycles. The summed E-state index contributed by atoms with van der Waals surface area (Å²) in [6, 6.07) is 7.38. The normalized spacial score (nSPS) is 10.5. The van der Waals surface area contributed by atoms with Gasteiger partial charge in [0.25, 0.3) is 0 Å². The van der Waals surface area contributed by atoms with Gasteiger partial charge in [-0.1, -0.05) is 12.1 Å². The van der Waals surface area contributed by atoms with Gasteiger partial charge in [0.05, 0.1) is 5.69 Å². The highest BCUT2D eigenvalue weighted by Crippen LogP contribution is 2.16. The highest BCUT2D eigenvalue weighted by Gasteiger charge is 2.08. The van der Waals surface area contributed by atoms with E-state index in [0.717, 1.165) is 23.4 Å². The van der Waals surface area contributed by atoms with Gasteiger partial charge in [-0.2, -0.15) is 5.10 Å². The molecule has 0 spiro atoms. The molecular weight excluding hydrogens is 214 g/mol. The number of benzene rings is 1. The number of H-pyrrole nitrogens is 1. The molecule has 2 rings (SSSR count). The fourth-order valence-corrected chi connectivity index (χ4v) is 1.87. The molecule has 1 aromatic heterocycles. The molecule has 1 aromatic carbocycles. The number of amides is 1. The first-order valence-electron chi connectivity index (χ1n) is 5.47. The Morgan fingerprint density at radius 3 is 2.76 bits per heavy atom. The molecule has 0 aliphatic rings. The van der Waals surface area contributed by atoms with Crippen molar-refractivity contribution in [1.29, 1.82) is 0 Å². The van der Waals surface area contributed by atoms with Crippen LogP contribution < -0.4 is 5.73 Å². The van der Waals surface area contributed by atoms with Crippen LogP contribution in [0, 0.1) is 13.8 Å². The van der Waals surface area contributed by atoms with Gasteiger partial charge < -0.3 is 5.73 Å². The van der Waals surface area contributed by atoms with Crippen LogP contribution in [0.25, 0.3) is 0 Å². The van der Waals surface area contributed by atoms with Gasteiger partial charge >= 0.3 is 0 Å². The van der Waals surface area contributed by atoms with E-state index in [9.17, 15) is 4.79 Å². The van der Waals surface area contributed by atoms with Crippen molar-refractivity contribution in [1.82, 2.24) is 10.2 Å². The minimum absolute atomic E-state index is 0.396. The minimum atomic E-state index is -0.396. The fourth-order valence-electron chi connectivity index (χ4n) is 1.87. The SMILES string of the molecule is Cc1n[nH]c(C)c1Cc1cccc(C(N)=O)c1. The standard InChI is InChI=1S/C13H15N3O/c1-8-12(9(2)16-15-8)7-10-4-3-5-11(6-10)13(14)17/h3-6H,7H2,1-2H3,(H2,14,17)(H,15,16). The summed E-state index contributed by atoms with van der Waals surface area (Å²) in [5, 5.41) is 7.11. The lowest BCUT2D eigenvalue weighted by Gasteiger charge is -2.03. The van der Waals surface area contributed by atoms with Gasteiger partial charge in [-0.25, -0.2) is 0 Å². The lowest BCUT2D eigenvalue weighted by Crippen LogP contribution is -2.11. The number of aromatic nitrogens is 2. The molecule has 1 amide bonds. The molecule has 0 unspecified atom stereocenters. The Hall–Kier alpha value is -2.10. The lowest BCUT2D eigenvalue weighted by atomic mass is 10.0. The number of aryl methyl sites for hydroxylation is 2. The van der Waals surface area contributed by atoms with Crippen LogP contribution in [0.3, 0.4) is 0 Å². The number of carbonyl (C=O) groups excluding carboxylic acids is 1. The Balaban J connectivity index is 2.30. The number of nitrogens with zero attached hydrogens (tertiary/aromatic N) is 1. The topological polar surface area (TPSA) is 71.8 Å². The zero-order valence-corrected chi connectivity index (χ0v) is 9.95. The summed E-state index contributed by atoms with van der Waals surface area (Å²) in [5.74, 6) is -0.396. The zero-order chi connectivity index (χ0) is 12.4. The third-order valence-electron chi connectivity index (χ3n) is 2.87. The van der Waals surface area contributed by atoms with Crippen molar-refractivity contribution < 1.29 is 4.79 Å². The first-order chi connectivity index (χ1) is 8.08. The third-order valence-corrected chi connectivity index (χ3v) is 2.87.